The van der Waals surface area contributed by atoms with E-state index in [1.54, 1.807) is 0 Å². The maximum atomic E-state index is 11.4. The molecule has 2 aromatic carbocycles. The van der Waals surface area contributed by atoms with Gasteiger partial charge in [0.2, 0.25) is 5.91 Å². The molecule has 2 heterocycles. The Hall–Kier alpha value is -2.73. The number of nitrogens with zero attached hydrogens (tertiary/aromatic N) is 2. The van der Waals surface area contributed by atoms with Crippen LogP contribution in [0.5, 0.6) is 0 Å². The molecule has 0 radical (unpaired) electrons. The minimum absolute atomic E-state index is 0.107. The van der Waals surface area contributed by atoms with E-state index in [2.05, 4.69) is 63.1 Å². The van der Waals surface area contributed by atoms with Gasteiger partial charge in [-0.2, -0.15) is 0 Å². The molecule has 1 saturated heterocycles. The average molecular weight is 380 g/mol. The monoisotopic (exact) mass is 379 g/mol. The number of carbonyl (C=O) groups excluding carboxylic acids is 1. The van der Waals surface area contributed by atoms with Crippen molar-refractivity contribution in [3.8, 4) is 0 Å². The number of piperazine rings is 1. The smallest absolute Gasteiger partial charge is 0.224 e. The first-order valence-electron chi connectivity index (χ1n) is 10.1. The topological polar surface area (TPSA) is 59.6 Å². The summed E-state index contributed by atoms with van der Waals surface area (Å²) < 4.78 is 0. The zero-order valence-electron chi connectivity index (χ0n) is 16.5. The quantitative estimate of drug-likeness (QED) is 0.674. The number of aryl methyl sites for hydroxylation is 1. The average Bonchev–Trinajstić information content (AvgIpc) is 2.72. The van der Waals surface area contributed by atoms with E-state index in [0.29, 0.717) is 6.42 Å². The van der Waals surface area contributed by atoms with Crippen molar-refractivity contribution in [2.24, 2.45) is 0 Å². The standard InChI is InChI=1S/C22H29N5O/c1-26-12-14-27(15-13-26)20-6-3-18(4-7-20)23-10-11-24-19-5-8-21-17(16-19)2-9-22(28)25-21/h3-8,16,23-24H,2,9-15H2,1H3,(H,25,28). The van der Waals surface area contributed by atoms with Gasteiger partial charge in [0, 0.05) is 68.4 Å². The summed E-state index contributed by atoms with van der Waals surface area (Å²) in [6.45, 7) is 6.13. The summed E-state index contributed by atoms with van der Waals surface area (Å²) in [5.41, 5.74) is 5.70. The van der Waals surface area contributed by atoms with Crippen molar-refractivity contribution in [1.29, 1.82) is 0 Å². The lowest BCUT2D eigenvalue weighted by molar-refractivity contribution is -0.116. The molecule has 2 aliphatic rings. The minimum Gasteiger partial charge on any atom is -0.383 e. The molecule has 0 aromatic heterocycles. The van der Waals surface area contributed by atoms with Crippen LogP contribution in [0.4, 0.5) is 22.7 Å². The second-order valence-corrected chi connectivity index (χ2v) is 7.61. The zero-order chi connectivity index (χ0) is 19.3. The first kappa shape index (κ1) is 18.6. The molecule has 0 atom stereocenters. The number of rotatable bonds is 6. The molecular weight excluding hydrogens is 350 g/mol. The number of hydrogen-bond donors (Lipinski definition) is 3. The van der Waals surface area contributed by atoms with Crippen LogP contribution < -0.4 is 20.9 Å². The minimum atomic E-state index is 0.107. The normalized spacial score (nSPS) is 17.0. The lowest BCUT2D eigenvalue weighted by atomic mass is 10.0. The Morgan fingerprint density at radius 3 is 2.32 bits per heavy atom. The Morgan fingerprint density at radius 2 is 1.57 bits per heavy atom. The lowest BCUT2D eigenvalue weighted by Crippen LogP contribution is -2.44. The van der Waals surface area contributed by atoms with Crippen LogP contribution in [0.15, 0.2) is 42.5 Å². The Morgan fingerprint density at radius 1 is 0.893 bits per heavy atom. The Bertz CT molecular complexity index is 812. The van der Waals surface area contributed by atoms with Crippen LogP contribution >= 0.6 is 0 Å². The molecule has 2 aliphatic heterocycles. The summed E-state index contributed by atoms with van der Waals surface area (Å²) >= 11 is 0. The fourth-order valence-electron chi connectivity index (χ4n) is 3.76. The molecule has 0 saturated carbocycles. The highest BCUT2D eigenvalue weighted by Gasteiger charge is 2.15. The van der Waals surface area contributed by atoms with Crippen LogP contribution in [0.3, 0.4) is 0 Å². The number of carbonyl (C=O) groups is 1. The van der Waals surface area contributed by atoms with Gasteiger partial charge in [-0.05, 0) is 61.5 Å². The first-order chi connectivity index (χ1) is 13.7. The van der Waals surface area contributed by atoms with E-state index in [4.69, 9.17) is 0 Å². The second kappa shape index (κ2) is 8.52. The summed E-state index contributed by atoms with van der Waals surface area (Å²) in [5, 5.41) is 9.85. The van der Waals surface area contributed by atoms with Crippen LogP contribution in [-0.2, 0) is 11.2 Å². The second-order valence-electron chi connectivity index (χ2n) is 7.61. The van der Waals surface area contributed by atoms with Crippen molar-refractivity contribution in [1.82, 2.24) is 4.90 Å². The van der Waals surface area contributed by atoms with Crippen LogP contribution in [-0.4, -0.2) is 57.1 Å². The van der Waals surface area contributed by atoms with Crippen molar-refractivity contribution in [2.45, 2.75) is 12.8 Å². The van der Waals surface area contributed by atoms with Crippen LogP contribution in [0, 0.1) is 0 Å². The molecule has 148 valence electrons. The predicted octanol–water partition coefficient (Wildman–Crippen LogP) is 2.85. The molecule has 4 rings (SSSR count). The molecule has 3 N–H and O–H groups in total. The van der Waals surface area contributed by atoms with Gasteiger partial charge in [0.05, 0.1) is 0 Å². The predicted molar refractivity (Wildman–Crippen MR) is 117 cm³/mol. The van der Waals surface area contributed by atoms with Gasteiger partial charge in [0.15, 0.2) is 0 Å². The number of amides is 1. The van der Waals surface area contributed by atoms with E-state index in [0.717, 1.165) is 62.8 Å². The van der Waals surface area contributed by atoms with Crippen molar-refractivity contribution in [3.05, 3.63) is 48.0 Å². The fraction of sp³-hybridized carbons (Fsp3) is 0.409. The van der Waals surface area contributed by atoms with Crippen LogP contribution in [0.1, 0.15) is 12.0 Å². The molecule has 2 aromatic rings. The highest BCUT2D eigenvalue weighted by Crippen LogP contribution is 2.25. The molecule has 28 heavy (non-hydrogen) atoms. The van der Waals surface area contributed by atoms with Gasteiger partial charge in [-0.25, -0.2) is 0 Å². The molecule has 1 fully saturated rings. The van der Waals surface area contributed by atoms with Gasteiger partial charge in [-0.1, -0.05) is 0 Å². The van der Waals surface area contributed by atoms with Gasteiger partial charge >= 0.3 is 0 Å². The van der Waals surface area contributed by atoms with E-state index in [-0.39, 0.29) is 5.91 Å². The molecule has 0 spiro atoms. The maximum Gasteiger partial charge on any atom is 0.224 e. The Balaban J connectivity index is 1.23. The van der Waals surface area contributed by atoms with E-state index in [1.807, 2.05) is 12.1 Å². The molecule has 0 unspecified atom stereocenters. The van der Waals surface area contributed by atoms with Gasteiger partial charge in [-0.3, -0.25) is 4.79 Å². The summed E-state index contributed by atoms with van der Waals surface area (Å²) in [4.78, 5) is 16.3. The highest BCUT2D eigenvalue weighted by molar-refractivity contribution is 5.94. The number of fused-ring (bicyclic) bond motifs is 1. The Labute approximate surface area is 166 Å². The van der Waals surface area contributed by atoms with Crippen molar-refractivity contribution < 1.29 is 4.79 Å². The largest absolute Gasteiger partial charge is 0.383 e. The zero-order valence-corrected chi connectivity index (χ0v) is 16.5. The van der Waals surface area contributed by atoms with Crippen molar-refractivity contribution in [3.63, 3.8) is 0 Å². The summed E-state index contributed by atoms with van der Waals surface area (Å²) in [6, 6.07) is 14.9. The maximum absolute atomic E-state index is 11.4. The number of likely N-dealkylation sites (N-methyl/N-ethyl adjacent to an activating group) is 1. The van der Waals surface area contributed by atoms with Gasteiger partial charge < -0.3 is 25.8 Å². The third kappa shape index (κ3) is 4.57. The third-order valence-electron chi connectivity index (χ3n) is 5.52. The van der Waals surface area contributed by atoms with Crippen molar-refractivity contribution >= 4 is 28.7 Å². The number of hydrogen-bond acceptors (Lipinski definition) is 5. The number of benzene rings is 2. The third-order valence-corrected chi connectivity index (χ3v) is 5.52. The highest BCUT2D eigenvalue weighted by atomic mass is 16.1. The first-order valence-corrected chi connectivity index (χ1v) is 10.1. The summed E-state index contributed by atoms with van der Waals surface area (Å²) in [7, 11) is 2.18. The molecule has 0 bridgehead atoms. The van der Waals surface area contributed by atoms with E-state index in [1.165, 1.54) is 11.3 Å². The van der Waals surface area contributed by atoms with E-state index >= 15 is 0 Å². The molecule has 6 heteroatoms. The molecular formula is C22H29N5O. The van der Waals surface area contributed by atoms with Gasteiger partial charge in [0.25, 0.3) is 0 Å². The fourth-order valence-corrected chi connectivity index (χ4v) is 3.76. The lowest BCUT2D eigenvalue weighted by Gasteiger charge is -2.34. The van der Waals surface area contributed by atoms with Crippen molar-refractivity contribution in [2.75, 3.05) is 67.2 Å². The Kier molecular flexibility index (Phi) is 5.67. The molecule has 6 nitrogen and oxygen atoms in total. The summed E-state index contributed by atoms with van der Waals surface area (Å²) in [5.74, 6) is 0.107. The number of anilines is 4. The van der Waals surface area contributed by atoms with E-state index in [9.17, 15) is 4.79 Å². The summed E-state index contributed by atoms with van der Waals surface area (Å²) in [6.07, 6.45) is 1.39. The molecule has 1 amide bonds. The molecule has 0 aliphatic carbocycles. The van der Waals surface area contributed by atoms with Crippen LogP contribution in [0.2, 0.25) is 0 Å². The number of nitrogens with one attached hydrogen (secondary N) is 3. The van der Waals surface area contributed by atoms with E-state index < -0.39 is 0 Å². The van der Waals surface area contributed by atoms with Gasteiger partial charge in [-0.15, -0.1) is 0 Å². The van der Waals surface area contributed by atoms with Crippen LogP contribution in [0.25, 0.3) is 0 Å². The SMILES string of the molecule is CN1CCN(c2ccc(NCCNc3ccc4c(c3)CCC(=O)N4)cc2)CC1. The van der Waals surface area contributed by atoms with Gasteiger partial charge in [0.1, 0.15) is 0 Å².